The Balaban J connectivity index is 0.000000335. The highest BCUT2D eigenvalue weighted by atomic mass is 16.6. The third kappa shape index (κ3) is 3.96. The molecule has 12 heteroatoms. The van der Waals surface area contributed by atoms with Gasteiger partial charge in [-0.1, -0.05) is 0 Å². The van der Waals surface area contributed by atoms with Gasteiger partial charge in [0.2, 0.25) is 6.20 Å². The van der Waals surface area contributed by atoms with Crippen LogP contribution in [0.4, 0.5) is 17.1 Å². The molecule has 0 atom stereocenters. The Morgan fingerprint density at radius 1 is 1.00 bits per heavy atom. The zero-order valence-electron chi connectivity index (χ0n) is 10.9. The van der Waals surface area contributed by atoms with Gasteiger partial charge in [0, 0.05) is 6.07 Å². The molecule has 0 N–H and O–H groups in total. The molecular formula is C10H8N4O8. The molecule has 0 saturated heterocycles. The minimum atomic E-state index is -1.46. The van der Waals surface area contributed by atoms with Crippen LogP contribution in [0.2, 0.25) is 0 Å². The van der Waals surface area contributed by atoms with Gasteiger partial charge in [-0.15, -0.1) is 0 Å². The van der Waals surface area contributed by atoms with Crippen LogP contribution in [-0.2, 0) is 7.05 Å². The predicted molar refractivity (Wildman–Crippen MR) is 65.7 cm³/mol. The lowest BCUT2D eigenvalue weighted by atomic mass is 10.2. The SMILES string of the molecule is C[n+]1ccco1.O=[N+]([O-])c1cc([N+](=O)[O-])c([O-])c([N+](=O)[O-])c1. The average Bonchev–Trinajstić information content (AvgIpc) is 2.89. The predicted octanol–water partition coefficient (Wildman–Crippen LogP) is 0.589. The summed E-state index contributed by atoms with van der Waals surface area (Å²) in [7, 11) is 1.83. The molecule has 0 aliphatic heterocycles. The van der Waals surface area contributed by atoms with Crippen molar-refractivity contribution >= 4 is 17.1 Å². The van der Waals surface area contributed by atoms with Crippen molar-refractivity contribution in [1.29, 1.82) is 0 Å². The normalized spacial score (nSPS) is 9.50. The monoisotopic (exact) mass is 312 g/mol. The number of nitro groups is 3. The van der Waals surface area contributed by atoms with Crippen LogP contribution in [0.25, 0.3) is 0 Å². The maximum atomic E-state index is 11.1. The van der Waals surface area contributed by atoms with Crippen LogP contribution in [0.5, 0.6) is 5.75 Å². The minimum absolute atomic E-state index is 0.384. The van der Waals surface area contributed by atoms with Crippen LogP contribution in [-0.4, -0.2) is 14.8 Å². The quantitative estimate of drug-likeness (QED) is 0.450. The van der Waals surface area contributed by atoms with Crippen molar-refractivity contribution in [2.75, 3.05) is 0 Å². The standard InChI is InChI=1S/C6H3N3O7.C4H6NO/c10-6-4(8(13)14)1-3(7(11)12)2-5(6)9(15)16;1-5-3-2-4-6-5/h1-2,10H;2-4H,1H3/q;+1/p-1. The first-order chi connectivity index (χ1) is 10.2. The summed E-state index contributed by atoms with van der Waals surface area (Å²) < 4.78 is 6.38. The number of nitro benzene ring substituents is 3. The number of hydrogen-bond acceptors (Lipinski definition) is 8. The molecule has 12 nitrogen and oxygen atoms in total. The molecule has 0 fully saturated rings. The molecule has 0 spiro atoms. The van der Waals surface area contributed by atoms with Crippen molar-refractivity contribution in [1.82, 2.24) is 0 Å². The third-order valence-corrected chi connectivity index (χ3v) is 2.24. The molecule has 0 unspecified atom stereocenters. The number of rotatable bonds is 3. The highest BCUT2D eigenvalue weighted by Crippen LogP contribution is 2.36. The molecule has 0 radical (unpaired) electrons. The highest BCUT2D eigenvalue weighted by molar-refractivity contribution is 5.63. The van der Waals surface area contributed by atoms with Gasteiger partial charge in [0.05, 0.1) is 32.7 Å². The Morgan fingerprint density at radius 3 is 1.73 bits per heavy atom. The van der Waals surface area contributed by atoms with Crippen molar-refractivity contribution in [3.8, 4) is 5.75 Å². The van der Waals surface area contributed by atoms with Gasteiger partial charge in [-0.3, -0.25) is 30.3 Å². The lowest BCUT2D eigenvalue weighted by Crippen LogP contribution is -2.22. The van der Waals surface area contributed by atoms with Gasteiger partial charge in [-0.2, -0.15) is 0 Å². The van der Waals surface area contributed by atoms with E-state index in [0.29, 0.717) is 12.1 Å². The first-order valence-corrected chi connectivity index (χ1v) is 5.42. The molecule has 22 heavy (non-hydrogen) atoms. The number of aromatic nitrogens is 1. The van der Waals surface area contributed by atoms with E-state index in [0.717, 1.165) is 0 Å². The van der Waals surface area contributed by atoms with Crippen molar-refractivity contribution in [3.05, 3.63) is 61.0 Å². The number of nitrogens with zero attached hydrogens (tertiary/aromatic N) is 4. The van der Waals surface area contributed by atoms with Gasteiger partial charge in [-0.25, -0.2) is 4.52 Å². The summed E-state index contributed by atoms with van der Waals surface area (Å²) in [5.41, 5.74) is -3.26. The second-order valence-corrected chi connectivity index (χ2v) is 3.71. The Kier molecular flexibility index (Phi) is 5.05. The van der Waals surface area contributed by atoms with E-state index in [1.54, 1.807) is 11.0 Å². The van der Waals surface area contributed by atoms with Crippen molar-refractivity contribution in [3.63, 3.8) is 0 Å². The summed E-state index contributed by atoms with van der Waals surface area (Å²) in [4.78, 5) is 27.5. The Morgan fingerprint density at radius 2 is 1.50 bits per heavy atom. The summed E-state index contributed by atoms with van der Waals surface area (Å²) in [5, 5.41) is 42.1. The Labute approximate surface area is 121 Å². The molecule has 1 aromatic carbocycles. The van der Waals surface area contributed by atoms with Crippen LogP contribution >= 0.6 is 0 Å². The number of hydrogen-bond donors (Lipinski definition) is 0. The van der Waals surface area contributed by atoms with E-state index in [-0.39, 0.29) is 0 Å². The van der Waals surface area contributed by atoms with Crippen LogP contribution < -0.4 is 9.85 Å². The van der Waals surface area contributed by atoms with Gasteiger partial charge in [0.25, 0.3) is 17.1 Å². The van der Waals surface area contributed by atoms with Gasteiger partial charge in [0.15, 0.2) is 13.3 Å². The molecular weight excluding hydrogens is 304 g/mol. The molecule has 2 aromatic rings. The van der Waals surface area contributed by atoms with Crippen LogP contribution in [0.1, 0.15) is 0 Å². The van der Waals surface area contributed by atoms with E-state index in [1.807, 2.05) is 19.3 Å². The minimum Gasteiger partial charge on any atom is -0.863 e. The molecule has 1 aromatic heterocycles. The highest BCUT2D eigenvalue weighted by Gasteiger charge is 2.24. The van der Waals surface area contributed by atoms with Crippen LogP contribution in [0, 0.1) is 30.3 Å². The van der Waals surface area contributed by atoms with Crippen molar-refractivity contribution in [2.45, 2.75) is 0 Å². The number of aryl methyl sites for hydroxylation is 1. The fourth-order valence-corrected chi connectivity index (χ4v) is 1.28. The molecule has 0 aliphatic rings. The molecule has 0 bridgehead atoms. The third-order valence-electron chi connectivity index (χ3n) is 2.24. The molecule has 0 saturated carbocycles. The van der Waals surface area contributed by atoms with Gasteiger partial charge in [-0.05, 0) is 4.74 Å². The van der Waals surface area contributed by atoms with E-state index in [9.17, 15) is 35.4 Å². The Bertz CT molecular complexity index is 677. The summed E-state index contributed by atoms with van der Waals surface area (Å²) in [6.07, 6.45) is 3.46. The first kappa shape index (κ1) is 16.5. The number of non-ortho nitro benzene ring substituents is 1. The first-order valence-electron chi connectivity index (χ1n) is 5.42. The molecule has 116 valence electrons. The second kappa shape index (κ2) is 6.74. The van der Waals surface area contributed by atoms with Crippen LogP contribution in [0.15, 0.2) is 35.2 Å². The summed E-state index contributed by atoms with van der Waals surface area (Å²) in [6, 6.07) is 2.60. The largest absolute Gasteiger partial charge is 0.863 e. The van der Waals surface area contributed by atoms with E-state index < -0.39 is 37.6 Å². The van der Waals surface area contributed by atoms with Gasteiger partial charge < -0.3 is 5.11 Å². The maximum absolute atomic E-state index is 11.1. The van der Waals surface area contributed by atoms with E-state index in [4.69, 9.17) is 4.52 Å². The zero-order valence-corrected chi connectivity index (χ0v) is 10.9. The number of benzene rings is 1. The second-order valence-electron chi connectivity index (χ2n) is 3.71. The fraction of sp³-hybridized carbons (Fsp3) is 0.100. The summed E-state index contributed by atoms with van der Waals surface area (Å²) in [6.45, 7) is 0. The van der Waals surface area contributed by atoms with E-state index in [1.165, 1.54) is 0 Å². The van der Waals surface area contributed by atoms with E-state index >= 15 is 0 Å². The molecule has 1 heterocycles. The molecule has 0 amide bonds. The van der Waals surface area contributed by atoms with Crippen LogP contribution in [0.3, 0.4) is 0 Å². The lowest BCUT2D eigenvalue weighted by molar-refractivity contribution is -0.845. The van der Waals surface area contributed by atoms with Crippen molar-refractivity contribution < 1.29 is 29.1 Å². The zero-order chi connectivity index (χ0) is 16.9. The molecule has 2 rings (SSSR count). The Hall–Kier alpha value is -3.57. The summed E-state index contributed by atoms with van der Waals surface area (Å²) >= 11 is 0. The topological polar surface area (TPSA) is 170 Å². The van der Waals surface area contributed by atoms with E-state index in [2.05, 4.69) is 0 Å². The lowest BCUT2D eigenvalue weighted by Gasteiger charge is -2.06. The summed E-state index contributed by atoms with van der Waals surface area (Å²) in [5.74, 6) is -1.46. The maximum Gasteiger partial charge on any atom is 0.283 e. The smallest absolute Gasteiger partial charge is 0.283 e. The average molecular weight is 312 g/mol. The molecule has 0 aliphatic carbocycles. The van der Waals surface area contributed by atoms with Gasteiger partial charge in [0.1, 0.15) is 0 Å². The fourth-order valence-electron chi connectivity index (χ4n) is 1.28. The van der Waals surface area contributed by atoms with Crippen molar-refractivity contribution in [2.24, 2.45) is 7.05 Å². The van der Waals surface area contributed by atoms with Gasteiger partial charge >= 0.3 is 0 Å².